The minimum absolute atomic E-state index is 0. The molecule has 2 rings (SSSR count). The summed E-state index contributed by atoms with van der Waals surface area (Å²) in [6.45, 7) is 0.527. The van der Waals surface area contributed by atoms with Crippen molar-refractivity contribution < 1.29 is 4.79 Å². The number of guanidine groups is 1. The van der Waals surface area contributed by atoms with E-state index < -0.39 is 0 Å². The maximum Gasteiger partial charge on any atom is 0.251 e. The number of nitrogens with zero attached hydrogens (tertiary/aromatic N) is 1. The van der Waals surface area contributed by atoms with Gasteiger partial charge in [-0.1, -0.05) is 31.4 Å². The lowest BCUT2D eigenvalue weighted by Crippen LogP contribution is -2.41. The summed E-state index contributed by atoms with van der Waals surface area (Å²) in [6, 6.07) is 7.88. The Labute approximate surface area is 149 Å². The third-order valence-corrected chi connectivity index (χ3v) is 3.83. The maximum absolute atomic E-state index is 11.4. The van der Waals surface area contributed by atoms with Crippen LogP contribution < -0.4 is 16.4 Å². The second kappa shape index (κ2) is 9.66. The van der Waals surface area contributed by atoms with Gasteiger partial charge in [-0.2, -0.15) is 0 Å². The van der Waals surface area contributed by atoms with Crippen molar-refractivity contribution in [2.45, 2.75) is 44.7 Å². The Bertz CT molecular complexity index is 495. The van der Waals surface area contributed by atoms with Crippen molar-refractivity contribution in [3.05, 3.63) is 35.4 Å². The van der Waals surface area contributed by atoms with Gasteiger partial charge in [0.05, 0.1) is 6.54 Å². The van der Waals surface area contributed by atoms with E-state index in [0.29, 0.717) is 24.1 Å². The summed E-state index contributed by atoms with van der Waals surface area (Å²) >= 11 is 0. The molecule has 1 aliphatic rings. The third-order valence-electron chi connectivity index (χ3n) is 3.83. The fourth-order valence-electron chi connectivity index (χ4n) is 2.58. The van der Waals surface area contributed by atoms with E-state index in [1.165, 1.54) is 32.1 Å². The van der Waals surface area contributed by atoms with Crippen LogP contribution in [0.2, 0.25) is 0 Å². The molecular weight excluding hydrogens is 391 g/mol. The van der Waals surface area contributed by atoms with E-state index in [9.17, 15) is 4.79 Å². The zero-order valence-corrected chi connectivity index (χ0v) is 15.3. The quantitative estimate of drug-likeness (QED) is 0.401. The monoisotopic (exact) mass is 416 g/mol. The Kier molecular flexibility index (Phi) is 8.22. The van der Waals surface area contributed by atoms with Gasteiger partial charge in [-0.15, -0.1) is 24.0 Å². The van der Waals surface area contributed by atoms with Gasteiger partial charge in [0.1, 0.15) is 0 Å². The molecule has 0 saturated heterocycles. The molecule has 1 fully saturated rings. The molecule has 1 aromatic carbocycles. The first-order chi connectivity index (χ1) is 10.2. The molecule has 0 aromatic heterocycles. The zero-order chi connectivity index (χ0) is 15.1. The van der Waals surface area contributed by atoms with Crippen LogP contribution in [0.15, 0.2) is 29.3 Å². The molecule has 1 saturated carbocycles. The van der Waals surface area contributed by atoms with Crippen molar-refractivity contribution in [3.63, 3.8) is 0 Å². The van der Waals surface area contributed by atoms with Crippen LogP contribution in [0.25, 0.3) is 0 Å². The van der Waals surface area contributed by atoms with Gasteiger partial charge >= 0.3 is 0 Å². The summed E-state index contributed by atoms with van der Waals surface area (Å²) in [5, 5.41) is 5.89. The molecule has 122 valence electrons. The van der Waals surface area contributed by atoms with Crippen molar-refractivity contribution in [1.82, 2.24) is 10.6 Å². The number of amides is 1. The van der Waals surface area contributed by atoms with Crippen LogP contribution in [0.5, 0.6) is 0 Å². The SMILES string of the molecule is CNC(=O)c1ccc(CN=C(N)NC2CCCCC2)cc1.I. The highest BCUT2D eigenvalue weighted by Gasteiger charge is 2.13. The third kappa shape index (κ3) is 5.82. The summed E-state index contributed by atoms with van der Waals surface area (Å²) in [6.07, 6.45) is 6.22. The molecule has 1 aliphatic carbocycles. The predicted octanol–water partition coefficient (Wildman–Crippen LogP) is 2.40. The minimum Gasteiger partial charge on any atom is -0.370 e. The van der Waals surface area contributed by atoms with Crippen molar-refractivity contribution >= 4 is 35.8 Å². The van der Waals surface area contributed by atoms with E-state index in [4.69, 9.17) is 5.73 Å². The zero-order valence-electron chi connectivity index (χ0n) is 13.0. The van der Waals surface area contributed by atoms with Crippen LogP contribution >= 0.6 is 24.0 Å². The number of nitrogens with two attached hydrogens (primary N) is 1. The molecule has 22 heavy (non-hydrogen) atoms. The highest BCUT2D eigenvalue weighted by Crippen LogP contribution is 2.17. The summed E-state index contributed by atoms with van der Waals surface area (Å²) in [5.74, 6) is 0.431. The minimum atomic E-state index is -0.0801. The van der Waals surface area contributed by atoms with Gasteiger partial charge < -0.3 is 16.4 Å². The normalized spacial score (nSPS) is 15.8. The van der Waals surface area contributed by atoms with Crippen molar-refractivity contribution in [2.24, 2.45) is 10.7 Å². The lowest BCUT2D eigenvalue weighted by molar-refractivity contribution is 0.0963. The van der Waals surface area contributed by atoms with Gasteiger partial charge in [-0.05, 0) is 30.5 Å². The first-order valence-electron chi connectivity index (χ1n) is 7.56. The summed E-state index contributed by atoms with van der Waals surface area (Å²) < 4.78 is 0. The Balaban J connectivity index is 0.00000242. The van der Waals surface area contributed by atoms with E-state index in [1.54, 1.807) is 19.2 Å². The number of hydrogen-bond acceptors (Lipinski definition) is 2. The van der Waals surface area contributed by atoms with E-state index in [-0.39, 0.29) is 29.9 Å². The second-order valence-corrected chi connectivity index (χ2v) is 5.46. The van der Waals surface area contributed by atoms with Crippen LogP contribution in [0.1, 0.15) is 48.0 Å². The van der Waals surface area contributed by atoms with Crippen molar-refractivity contribution in [1.29, 1.82) is 0 Å². The smallest absolute Gasteiger partial charge is 0.251 e. The van der Waals surface area contributed by atoms with Gasteiger partial charge in [-0.25, -0.2) is 4.99 Å². The number of benzene rings is 1. The molecule has 5 nitrogen and oxygen atoms in total. The Hall–Kier alpha value is -1.31. The van der Waals surface area contributed by atoms with Gasteiger partial charge in [0.2, 0.25) is 0 Å². The second-order valence-electron chi connectivity index (χ2n) is 5.46. The number of halogens is 1. The molecule has 1 amide bonds. The first-order valence-corrected chi connectivity index (χ1v) is 7.56. The average molecular weight is 416 g/mol. The molecule has 0 aliphatic heterocycles. The van der Waals surface area contributed by atoms with Crippen molar-refractivity contribution in [2.75, 3.05) is 7.05 Å². The molecule has 0 spiro atoms. The lowest BCUT2D eigenvalue weighted by Gasteiger charge is -2.23. The molecule has 0 unspecified atom stereocenters. The van der Waals surface area contributed by atoms with E-state index in [0.717, 1.165) is 5.56 Å². The van der Waals surface area contributed by atoms with Gasteiger partial charge in [0, 0.05) is 18.7 Å². The van der Waals surface area contributed by atoms with E-state index >= 15 is 0 Å². The van der Waals surface area contributed by atoms with E-state index in [1.807, 2.05) is 12.1 Å². The average Bonchev–Trinajstić information content (AvgIpc) is 2.53. The Morgan fingerprint density at radius 1 is 1.23 bits per heavy atom. The highest BCUT2D eigenvalue weighted by molar-refractivity contribution is 14.0. The standard InChI is InChI=1S/C16H24N4O.HI/c1-18-15(21)13-9-7-12(8-10-13)11-19-16(17)20-14-5-3-2-4-6-14;/h7-10,14H,2-6,11H2,1H3,(H,18,21)(H3,17,19,20);1H. The molecule has 1 aromatic rings. The van der Waals surface area contributed by atoms with Crippen LogP contribution in [0.3, 0.4) is 0 Å². The molecule has 0 atom stereocenters. The molecule has 0 bridgehead atoms. The van der Waals surface area contributed by atoms with Crippen LogP contribution in [0, 0.1) is 0 Å². The number of rotatable bonds is 4. The Morgan fingerprint density at radius 2 is 1.86 bits per heavy atom. The van der Waals surface area contributed by atoms with Gasteiger partial charge in [-0.3, -0.25) is 4.79 Å². The number of aliphatic imine (C=N–C) groups is 1. The van der Waals surface area contributed by atoms with Crippen LogP contribution in [-0.4, -0.2) is 25.0 Å². The summed E-state index contributed by atoms with van der Waals surface area (Å²) in [5.41, 5.74) is 7.62. The van der Waals surface area contributed by atoms with Gasteiger partial charge in [0.25, 0.3) is 5.91 Å². The molecule has 0 radical (unpaired) electrons. The fourth-order valence-corrected chi connectivity index (χ4v) is 2.58. The molecule has 4 N–H and O–H groups in total. The number of nitrogens with one attached hydrogen (secondary N) is 2. The topological polar surface area (TPSA) is 79.5 Å². The van der Waals surface area contributed by atoms with Gasteiger partial charge in [0.15, 0.2) is 5.96 Å². The summed E-state index contributed by atoms with van der Waals surface area (Å²) in [7, 11) is 1.62. The molecule has 0 heterocycles. The number of carbonyl (C=O) groups is 1. The highest BCUT2D eigenvalue weighted by atomic mass is 127. The predicted molar refractivity (Wildman–Crippen MR) is 101 cm³/mol. The number of carbonyl (C=O) groups excluding carboxylic acids is 1. The largest absolute Gasteiger partial charge is 0.370 e. The van der Waals surface area contributed by atoms with E-state index in [2.05, 4.69) is 15.6 Å². The lowest BCUT2D eigenvalue weighted by atomic mass is 9.96. The molecule has 6 heteroatoms. The molecular formula is C16H25IN4O. The van der Waals surface area contributed by atoms with Crippen LogP contribution in [0.4, 0.5) is 0 Å². The summed E-state index contributed by atoms with van der Waals surface area (Å²) in [4.78, 5) is 15.8. The number of hydrogen-bond donors (Lipinski definition) is 3. The van der Waals surface area contributed by atoms with Crippen LogP contribution in [-0.2, 0) is 6.54 Å². The first kappa shape index (κ1) is 18.7. The van der Waals surface area contributed by atoms with Crippen molar-refractivity contribution in [3.8, 4) is 0 Å². The fraction of sp³-hybridized carbons (Fsp3) is 0.500. The Morgan fingerprint density at radius 3 is 2.45 bits per heavy atom. The maximum atomic E-state index is 11.4.